The van der Waals surface area contributed by atoms with Crippen molar-refractivity contribution < 1.29 is 17.9 Å². The molecule has 35 heavy (non-hydrogen) atoms. The number of nitrogens with zero attached hydrogens (tertiary/aromatic N) is 5. The smallest absolute Gasteiger partial charge is 0.349 e. The van der Waals surface area contributed by atoms with Gasteiger partial charge in [-0.15, -0.1) is 0 Å². The van der Waals surface area contributed by atoms with Gasteiger partial charge in [0.25, 0.3) is 0 Å². The molecule has 3 aromatic rings. The van der Waals surface area contributed by atoms with Crippen LogP contribution in [0.3, 0.4) is 0 Å². The van der Waals surface area contributed by atoms with Gasteiger partial charge in [0.15, 0.2) is 0 Å². The van der Waals surface area contributed by atoms with E-state index in [1.54, 1.807) is 12.1 Å². The fraction of sp³-hybridized carbons (Fsp3) is 0.400. The van der Waals surface area contributed by atoms with Crippen LogP contribution in [0.1, 0.15) is 43.0 Å². The summed E-state index contributed by atoms with van der Waals surface area (Å²) in [7, 11) is -0.666. The average Bonchev–Trinajstić information content (AvgIpc) is 3.31. The number of rotatable bonds is 9. The van der Waals surface area contributed by atoms with E-state index in [2.05, 4.69) is 16.5 Å². The normalized spacial score (nSPS) is 12.3. The summed E-state index contributed by atoms with van der Waals surface area (Å²) in [5, 5.41) is 9.58. The Morgan fingerprint density at radius 2 is 1.91 bits per heavy atom. The minimum Gasteiger partial charge on any atom is -0.453 e. The first-order chi connectivity index (χ1) is 16.5. The number of fused-ring (bicyclic) bond motifs is 1. The van der Waals surface area contributed by atoms with Crippen molar-refractivity contribution >= 4 is 33.1 Å². The fourth-order valence-corrected chi connectivity index (χ4v) is 4.96. The van der Waals surface area contributed by atoms with Gasteiger partial charge in [-0.3, -0.25) is 0 Å². The van der Waals surface area contributed by atoms with E-state index < -0.39 is 16.0 Å². The number of ether oxygens (including phenoxy) is 1. The molecule has 0 amide bonds. The highest BCUT2D eigenvalue weighted by atomic mass is 32.2. The zero-order chi connectivity index (χ0) is 25.9. The van der Waals surface area contributed by atoms with Crippen molar-refractivity contribution in [3.8, 4) is 6.07 Å². The highest BCUT2D eigenvalue weighted by Crippen LogP contribution is 2.23. The maximum absolute atomic E-state index is 12.7. The van der Waals surface area contributed by atoms with Crippen molar-refractivity contribution in [2.75, 3.05) is 14.1 Å². The molecule has 10 heteroatoms. The van der Waals surface area contributed by atoms with Gasteiger partial charge in [0.2, 0.25) is 10.0 Å². The van der Waals surface area contributed by atoms with Crippen LogP contribution in [0.5, 0.6) is 0 Å². The first kappa shape index (κ1) is 26.2. The quantitative estimate of drug-likeness (QED) is 0.253. The van der Waals surface area contributed by atoms with E-state index in [1.165, 1.54) is 26.2 Å². The monoisotopic (exact) mass is 497 g/mol. The van der Waals surface area contributed by atoms with Crippen LogP contribution in [0.15, 0.2) is 34.7 Å². The summed E-state index contributed by atoms with van der Waals surface area (Å²) >= 11 is 0. The number of aryl methyl sites for hydroxylation is 2. The van der Waals surface area contributed by atoms with E-state index in [4.69, 9.17) is 4.74 Å². The summed E-state index contributed by atoms with van der Waals surface area (Å²) in [6.07, 6.45) is 2.53. The van der Waals surface area contributed by atoms with Crippen LogP contribution in [-0.2, 0) is 39.3 Å². The Morgan fingerprint density at radius 3 is 2.51 bits per heavy atom. The zero-order valence-electron chi connectivity index (χ0n) is 21.0. The molecule has 9 nitrogen and oxygen atoms in total. The van der Waals surface area contributed by atoms with Crippen molar-refractivity contribution in [3.63, 3.8) is 0 Å². The van der Waals surface area contributed by atoms with Gasteiger partial charge in [0, 0.05) is 38.6 Å². The first-order valence-electron chi connectivity index (χ1n) is 11.4. The number of imidazole rings is 1. The van der Waals surface area contributed by atoms with Crippen LogP contribution in [0.25, 0.3) is 17.1 Å². The van der Waals surface area contributed by atoms with Crippen LogP contribution in [0.2, 0.25) is 0 Å². The van der Waals surface area contributed by atoms with Crippen LogP contribution in [0.4, 0.5) is 0 Å². The zero-order valence-corrected chi connectivity index (χ0v) is 21.8. The van der Waals surface area contributed by atoms with Gasteiger partial charge in [-0.2, -0.15) is 5.26 Å². The highest BCUT2D eigenvalue weighted by molar-refractivity contribution is 7.89. The Bertz CT molecular complexity index is 1440. The molecule has 0 radical (unpaired) electrons. The van der Waals surface area contributed by atoms with Crippen molar-refractivity contribution in [2.24, 2.45) is 0 Å². The van der Waals surface area contributed by atoms with Gasteiger partial charge in [-0.25, -0.2) is 22.5 Å². The van der Waals surface area contributed by atoms with Gasteiger partial charge < -0.3 is 13.9 Å². The molecule has 0 aliphatic rings. The third-order valence-electron chi connectivity index (χ3n) is 5.93. The number of carbonyl (C=O) groups excluding carboxylic acids is 1. The molecular formula is C25H31N5O4S. The summed E-state index contributed by atoms with van der Waals surface area (Å²) in [6, 6.07) is 8.63. The topological polar surface area (TPSA) is 110 Å². The molecule has 0 bridgehead atoms. The van der Waals surface area contributed by atoms with E-state index in [0.29, 0.717) is 17.9 Å². The summed E-state index contributed by atoms with van der Waals surface area (Å²) in [5.74, 6) is -0.271. The molecule has 1 aromatic carbocycles. The number of nitriles is 1. The molecule has 0 N–H and O–H groups in total. The molecule has 186 valence electrons. The summed E-state index contributed by atoms with van der Waals surface area (Å²) < 4.78 is 35.5. The predicted molar refractivity (Wildman–Crippen MR) is 134 cm³/mol. The van der Waals surface area contributed by atoms with Crippen LogP contribution >= 0.6 is 0 Å². The third-order valence-corrected chi connectivity index (χ3v) is 7.74. The van der Waals surface area contributed by atoms with Crippen molar-refractivity contribution in [2.45, 2.75) is 58.7 Å². The van der Waals surface area contributed by atoms with Crippen LogP contribution in [-0.4, -0.2) is 46.9 Å². The Kier molecular flexibility index (Phi) is 7.83. The van der Waals surface area contributed by atoms with Gasteiger partial charge in [-0.05, 0) is 63.1 Å². The number of hydrogen-bond donors (Lipinski definition) is 0. The number of sulfonamides is 1. The largest absolute Gasteiger partial charge is 0.453 e. The molecule has 2 heterocycles. The molecule has 0 unspecified atom stereocenters. The highest BCUT2D eigenvalue weighted by Gasteiger charge is 2.20. The van der Waals surface area contributed by atoms with Crippen LogP contribution in [0, 0.1) is 25.2 Å². The summed E-state index contributed by atoms with van der Waals surface area (Å²) in [6.45, 7) is 9.24. The van der Waals surface area contributed by atoms with Gasteiger partial charge >= 0.3 is 5.97 Å². The maximum atomic E-state index is 12.7. The lowest BCUT2D eigenvalue weighted by molar-refractivity contribution is -0.140. The first-order valence-corrected chi connectivity index (χ1v) is 12.9. The Hall–Kier alpha value is -3.42. The molecular weight excluding hydrogens is 466 g/mol. The second-order valence-corrected chi connectivity index (χ2v) is 10.6. The summed E-state index contributed by atoms with van der Waals surface area (Å²) in [5.41, 5.74) is 3.98. The molecule has 0 aliphatic heterocycles. The van der Waals surface area contributed by atoms with E-state index in [-0.39, 0.29) is 17.1 Å². The van der Waals surface area contributed by atoms with Gasteiger partial charge in [0.1, 0.15) is 24.1 Å². The SMILES string of the molecule is CCCn1c(C)cc(/C=C(/C#N)C(=O)OCc2nc3cc(S(=O)(=O)N(C)C)ccc3n2CC)c1C. The van der Waals surface area contributed by atoms with E-state index in [0.717, 1.165) is 39.7 Å². The minimum atomic E-state index is -3.60. The Morgan fingerprint density at radius 1 is 1.20 bits per heavy atom. The van der Waals surface area contributed by atoms with E-state index in [9.17, 15) is 18.5 Å². The standard InChI is InChI=1S/C25H31N5O4S/c1-7-11-30-17(3)12-19(18(30)4)13-20(15-26)25(31)34-16-24-27-22-14-21(35(32,33)28(5)6)9-10-23(22)29(24)8-2/h9-10,12-14H,7-8,11,16H2,1-6H3/b20-13-. The van der Waals surface area contributed by atoms with Crippen molar-refractivity contribution in [3.05, 3.63) is 52.6 Å². The molecule has 0 aliphatic carbocycles. The van der Waals surface area contributed by atoms with Crippen LogP contribution < -0.4 is 0 Å². The van der Waals surface area contributed by atoms with Crippen molar-refractivity contribution in [1.29, 1.82) is 5.26 Å². The lowest BCUT2D eigenvalue weighted by Crippen LogP contribution is -2.22. The molecule has 0 atom stereocenters. The number of carbonyl (C=O) groups is 1. The molecule has 2 aromatic heterocycles. The van der Waals surface area contributed by atoms with E-state index >= 15 is 0 Å². The predicted octanol–water partition coefficient (Wildman–Crippen LogP) is 3.79. The minimum absolute atomic E-state index is 0.0970. The average molecular weight is 498 g/mol. The maximum Gasteiger partial charge on any atom is 0.349 e. The Labute approximate surface area is 206 Å². The lowest BCUT2D eigenvalue weighted by Gasteiger charge is -2.11. The molecule has 0 spiro atoms. The second kappa shape index (κ2) is 10.5. The third kappa shape index (κ3) is 5.16. The number of benzene rings is 1. The number of esters is 1. The van der Waals surface area contributed by atoms with Crippen molar-refractivity contribution in [1.82, 2.24) is 18.4 Å². The number of aromatic nitrogens is 3. The molecule has 3 rings (SSSR count). The number of hydrogen-bond acceptors (Lipinski definition) is 6. The van der Waals surface area contributed by atoms with E-state index in [1.807, 2.05) is 37.5 Å². The second-order valence-electron chi connectivity index (χ2n) is 8.43. The lowest BCUT2D eigenvalue weighted by atomic mass is 10.1. The van der Waals surface area contributed by atoms with Gasteiger partial charge in [-0.1, -0.05) is 6.92 Å². The van der Waals surface area contributed by atoms with Gasteiger partial charge in [0.05, 0.1) is 15.9 Å². The fourth-order valence-electron chi connectivity index (χ4n) is 4.04. The molecule has 0 saturated carbocycles. The molecule has 0 fully saturated rings. The summed E-state index contributed by atoms with van der Waals surface area (Å²) in [4.78, 5) is 17.4. The molecule has 0 saturated heterocycles. The Balaban J connectivity index is 1.86.